The van der Waals surface area contributed by atoms with Crippen molar-refractivity contribution in [3.63, 3.8) is 0 Å². The molecule has 0 unspecified atom stereocenters. The van der Waals surface area contributed by atoms with Crippen LogP contribution < -0.4 is 9.64 Å². The minimum atomic E-state index is -0.466. The average molecular weight is 579 g/mol. The summed E-state index contributed by atoms with van der Waals surface area (Å²) in [7, 11) is 0. The van der Waals surface area contributed by atoms with Crippen LogP contribution in [0.3, 0.4) is 0 Å². The molecule has 0 saturated heterocycles. The second kappa shape index (κ2) is 6.87. The second-order valence-electron chi connectivity index (χ2n) is 9.20. The molecule has 8 rings (SSSR count). The van der Waals surface area contributed by atoms with Crippen molar-refractivity contribution in [2.45, 2.75) is 5.41 Å². The summed E-state index contributed by atoms with van der Waals surface area (Å²) in [6.45, 7) is 0. The zero-order valence-corrected chi connectivity index (χ0v) is 21.6. The largest absolute Gasteiger partial charge is 0.453 e. The molecule has 4 heteroatoms. The summed E-state index contributed by atoms with van der Waals surface area (Å²) in [5.41, 5.74) is 10.5. The molecule has 0 amide bonds. The normalized spacial score (nSPS) is 15.0. The first kappa shape index (κ1) is 19.9. The lowest BCUT2D eigenvalue weighted by Crippen LogP contribution is -2.37. The lowest BCUT2D eigenvalue weighted by Gasteiger charge is -2.47. The van der Waals surface area contributed by atoms with Crippen molar-refractivity contribution in [1.82, 2.24) is 0 Å². The van der Waals surface area contributed by atoms with Crippen LogP contribution >= 0.6 is 31.9 Å². The zero-order chi connectivity index (χ0) is 23.3. The Kier molecular flexibility index (Phi) is 3.91. The molecule has 166 valence electrons. The highest BCUT2D eigenvalue weighted by Crippen LogP contribution is 2.67. The Morgan fingerprint density at radius 3 is 1.89 bits per heavy atom. The minimum absolute atomic E-state index is 0.466. The number of anilines is 3. The number of rotatable bonds is 0. The van der Waals surface area contributed by atoms with Crippen LogP contribution in [-0.2, 0) is 5.41 Å². The van der Waals surface area contributed by atoms with Crippen LogP contribution in [0.5, 0.6) is 11.5 Å². The highest BCUT2D eigenvalue weighted by molar-refractivity contribution is 9.10. The van der Waals surface area contributed by atoms with Crippen molar-refractivity contribution < 1.29 is 4.74 Å². The second-order valence-corrected chi connectivity index (χ2v) is 11.0. The molecule has 2 nitrogen and oxygen atoms in total. The molecule has 2 aliphatic heterocycles. The molecule has 0 fully saturated rings. The van der Waals surface area contributed by atoms with E-state index in [-0.39, 0.29) is 0 Å². The lowest BCUT2D eigenvalue weighted by atomic mass is 9.64. The minimum Gasteiger partial charge on any atom is -0.453 e. The molecular weight excluding hydrogens is 562 g/mol. The summed E-state index contributed by atoms with van der Waals surface area (Å²) in [4.78, 5) is 2.39. The molecule has 1 aliphatic carbocycles. The summed E-state index contributed by atoms with van der Waals surface area (Å²) in [6, 6.07) is 37.0. The Balaban J connectivity index is 1.60. The van der Waals surface area contributed by atoms with E-state index in [1.807, 2.05) is 12.1 Å². The molecule has 2 heterocycles. The smallest absolute Gasteiger partial charge is 0.151 e. The highest BCUT2D eigenvalue weighted by Gasteiger charge is 2.53. The van der Waals surface area contributed by atoms with Gasteiger partial charge in [0.05, 0.1) is 22.5 Å². The third kappa shape index (κ3) is 2.39. The van der Waals surface area contributed by atoms with E-state index in [2.05, 4.69) is 128 Å². The molecule has 0 N–H and O–H groups in total. The lowest BCUT2D eigenvalue weighted by molar-refractivity contribution is 0.473. The fourth-order valence-corrected chi connectivity index (χ4v) is 7.06. The van der Waals surface area contributed by atoms with E-state index in [1.165, 1.54) is 39.1 Å². The quantitative estimate of drug-likeness (QED) is 0.178. The standard InChI is InChI=1S/C31H17Br2NO/c32-18-12-14-20-21-15-13-19(33)17-25(21)31(24(20)16-18)22-6-1-2-8-26(22)34-27-9-3-4-10-28(27)35-29-11-5-7-23(31)30(29)34/h1-17H. The third-order valence-electron chi connectivity index (χ3n) is 7.56. The van der Waals surface area contributed by atoms with Crippen molar-refractivity contribution in [3.8, 4) is 22.6 Å². The van der Waals surface area contributed by atoms with E-state index in [9.17, 15) is 0 Å². The average Bonchev–Trinajstić information content (AvgIpc) is 3.15. The summed E-state index contributed by atoms with van der Waals surface area (Å²) >= 11 is 7.56. The predicted molar refractivity (Wildman–Crippen MR) is 147 cm³/mol. The summed E-state index contributed by atoms with van der Waals surface area (Å²) in [5, 5.41) is 0. The van der Waals surface area contributed by atoms with Gasteiger partial charge in [-0.05, 0) is 81.9 Å². The Bertz CT molecular complexity index is 1670. The molecule has 0 radical (unpaired) electrons. The summed E-state index contributed by atoms with van der Waals surface area (Å²) < 4.78 is 8.66. The number of hydrogen-bond acceptors (Lipinski definition) is 2. The third-order valence-corrected chi connectivity index (χ3v) is 8.55. The molecule has 0 atom stereocenters. The predicted octanol–water partition coefficient (Wildman–Crippen LogP) is 9.46. The number of ether oxygens (including phenoxy) is 1. The fourth-order valence-electron chi connectivity index (χ4n) is 6.33. The van der Waals surface area contributed by atoms with Crippen molar-refractivity contribution in [2.24, 2.45) is 0 Å². The van der Waals surface area contributed by atoms with Gasteiger partial charge < -0.3 is 9.64 Å². The zero-order valence-electron chi connectivity index (χ0n) is 18.4. The van der Waals surface area contributed by atoms with Gasteiger partial charge in [0.1, 0.15) is 0 Å². The maximum atomic E-state index is 6.51. The number of hydrogen-bond donors (Lipinski definition) is 0. The first-order chi connectivity index (χ1) is 17.2. The highest BCUT2D eigenvalue weighted by atomic mass is 79.9. The van der Waals surface area contributed by atoms with Gasteiger partial charge in [-0.1, -0.05) is 86.5 Å². The molecule has 0 bridgehead atoms. The summed E-state index contributed by atoms with van der Waals surface area (Å²) in [5.74, 6) is 1.76. The van der Waals surface area contributed by atoms with E-state index in [1.54, 1.807) is 0 Å². The van der Waals surface area contributed by atoms with Gasteiger partial charge in [0.15, 0.2) is 11.5 Å². The van der Waals surface area contributed by atoms with Crippen LogP contribution in [0.2, 0.25) is 0 Å². The molecule has 5 aromatic carbocycles. The Morgan fingerprint density at radius 2 is 1.14 bits per heavy atom. The molecule has 0 saturated carbocycles. The molecule has 0 aromatic heterocycles. The van der Waals surface area contributed by atoms with E-state index in [0.717, 1.165) is 31.8 Å². The Labute approximate surface area is 220 Å². The van der Waals surface area contributed by atoms with E-state index in [4.69, 9.17) is 4.74 Å². The van der Waals surface area contributed by atoms with Gasteiger partial charge in [0.2, 0.25) is 0 Å². The van der Waals surface area contributed by atoms with E-state index < -0.39 is 5.41 Å². The topological polar surface area (TPSA) is 12.5 Å². The van der Waals surface area contributed by atoms with E-state index >= 15 is 0 Å². The molecular formula is C31H17Br2NO. The van der Waals surface area contributed by atoms with Gasteiger partial charge in [0.25, 0.3) is 0 Å². The van der Waals surface area contributed by atoms with Crippen LogP contribution in [-0.4, -0.2) is 0 Å². The number of para-hydroxylation sites is 4. The van der Waals surface area contributed by atoms with Crippen LogP contribution in [0.25, 0.3) is 11.1 Å². The van der Waals surface area contributed by atoms with Gasteiger partial charge in [0, 0.05) is 8.95 Å². The maximum absolute atomic E-state index is 6.51. The molecule has 3 aliphatic rings. The first-order valence-electron chi connectivity index (χ1n) is 11.6. The van der Waals surface area contributed by atoms with Crippen LogP contribution in [0, 0.1) is 0 Å². The molecule has 5 aromatic rings. The van der Waals surface area contributed by atoms with Crippen molar-refractivity contribution in [2.75, 3.05) is 4.90 Å². The van der Waals surface area contributed by atoms with Crippen molar-refractivity contribution in [1.29, 1.82) is 0 Å². The molecule has 35 heavy (non-hydrogen) atoms. The number of halogens is 2. The molecule has 1 spiro atoms. The monoisotopic (exact) mass is 577 g/mol. The van der Waals surface area contributed by atoms with Gasteiger partial charge in [-0.15, -0.1) is 0 Å². The van der Waals surface area contributed by atoms with Crippen LogP contribution in [0.15, 0.2) is 112 Å². The van der Waals surface area contributed by atoms with E-state index in [0.29, 0.717) is 0 Å². The van der Waals surface area contributed by atoms with Crippen LogP contribution in [0.4, 0.5) is 17.1 Å². The van der Waals surface area contributed by atoms with Gasteiger partial charge >= 0.3 is 0 Å². The van der Waals surface area contributed by atoms with Crippen molar-refractivity contribution in [3.05, 3.63) is 134 Å². The fraction of sp³-hybridized carbons (Fsp3) is 0.0323. The Morgan fingerprint density at radius 1 is 0.543 bits per heavy atom. The maximum Gasteiger partial charge on any atom is 0.151 e. The first-order valence-corrected chi connectivity index (χ1v) is 13.2. The number of benzene rings is 5. The number of nitrogens with zero attached hydrogens (tertiary/aromatic N) is 1. The van der Waals surface area contributed by atoms with Crippen molar-refractivity contribution >= 4 is 48.9 Å². The number of fused-ring (bicyclic) bond motifs is 11. The Hall–Kier alpha value is -3.34. The summed E-state index contributed by atoms with van der Waals surface area (Å²) in [6.07, 6.45) is 0. The van der Waals surface area contributed by atoms with Gasteiger partial charge in [-0.2, -0.15) is 0 Å². The SMILES string of the molecule is Brc1ccc2c(c1)C1(c3cc(Br)ccc3-2)c2ccccc2N2c3ccccc3Oc3cccc1c32. The van der Waals surface area contributed by atoms with Gasteiger partial charge in [-0.25, -0.2) is 0 Å². The van der Waals surface area contributed by atoms with Gasteiger partial charge in [-0.3, -0.25) is 0 Å². The van der Waals surface area contributed by atoms with Crippen LogP contribution in [0.1, 0.15) is 22.3 Å².